The first-order valence-electron chi connectivity index (χ1n) is 14.7. The molecule has 1 amide bonds. The summed E-state index contributed by atoms with van der Waals surface area (Å²) in [5.74, 6) is 1.97. The van der Waals surface area contributed by atoms with Crippen LogP contribution in [0.1, 0.15) is 45.8 Å². The molecule has 0 radical (unpaired) electrons. The topological polar surface area (TPSA) is 78.5 Å². The number of nitrogens with one attached hydrogen (secondary N) is 1. The lowest BCUT2D eigenvalue weighted by Gasteiger charge is -2.32. The molecule has 2 unspecified atom stereocenters. The van der Waals surface area contributed by atoms with Gasteiger partial charge in [0, 0.05) is 50.7 Å². The molecule has 1 aliphatic heterocycles. The monoisotopic (exact) mass is 576 g/mol. The van der Waals surface area contributed by atoms with E-state index < -0.39 is 0 Å². The number of para-hydroxylation sites is 1. The number of hydrogen-bond acceptors (Lipinski definition) is 7. The molecule has 0 bridgehead atoms. The van der Waals surface area contributed by atoms with Crippen molar-refractivity contribution in [3.05, 3.63) is 95.1 Å². The summed E-state index contributed by atoms with van der Waals surface area (Å²) in [5, 5.41) is 3.47. The number of carbonyl (C=O) groups is 1. The second-order valence-corrected chi connectivity index (χ2v) is 10.5. The molecule has 8 nitrogen and oxygen atoms in total. The molecule has 0 aromatic heterocycles. The highest BCUT2D eigenvalue weighted by Crippen LogP contribution is 2.30. The predicted molar refractivity (Wildman–Crippen MR) is 163 cm³/mol. The number of methoxy groups -OCH3 is 2. The Hall–Kier alpha value is -3.43. The summed E-state index contributed by atoms with van der Waals surface area (Å²) in [6.07, 6.45) is 1.84. The van der Waals surface area contributed by atoms with Gasteiger partial charge < -0.3 is 33.9 Å². The Balaban J connectivity index is 1.23. The van der Waals surface area contributed by atoms with E-state index in [1.54, 1.807) is 26.2 Å². The van der Waals surface area contributed by atoms with E-state index in [2.05, 4.69) is 17.4 Å². The van der Waals surface area contributed by atoms with Gasteiger partial charge in [-0.05, 0) is 54.4 Å². The number of amides is 1. The van der Waals surface area contributed by atoms with Crippen LogP contribution in [0.25, 0.3) is 0 Å². The van der Waals surface area contributed by atoms with Crippen molar-refractivity contribution in [2.75, 3.05) is 60.7 Å². The van der Waals surface area contributed by atoms with E-state index >= 15 is 0 Å². The summed E-state index contributed by atoms with van der Waals surface area (Å²) >= 11 is 0. The van der Waals surface area contributed by atoms with Crippen LogP contribution in [-0.2, 0) is 27.4 Å². The molecule has 42 heavy (non-hydrogen) atoms. The van der Waals surface area contributed by atoms with Crippen molar-refractivity contribution in [1.29, 1.82) is 0 Å². The Morgan fingerprint density at radius 1 is 0.952 bits per heavy atom. The molecule has 1 saturated heterocycles. The highest BCUT2D eigenvalue weighted by Gasteiger charge is 2.27. The van der Waals surface area contributed by atoms with Crippen LogP contribution in [0.3, 0.4) is 0 Å². The van der Waals surface area contributed by atoms with Crippen molar-refractivity contribution in [2.45, 2.75) is 38.1 Å². The van der Waals surface area contributed by atoms with Crippen LogP contribution in [0.2, 0.25) is 0 Å². The molecule has 8 heteroatoms. The maximum absolute atomic E-state index is 12.8. The number of benzene rings is 3. The van der Waals surface area contributed by atoms with Crippen LogP contribution in [-0.4, -0.2) is 77.6 Å². The van der Waals surface area contributed by atoms with Gasteiger partial charge in [0.2, 0.25) is 0 Å². The molecular formula is C34H44N2O6. The summed E-state index contributed by atoms with van der Waals surface area (Å²) in [6, 6.07) is 24.0. The predicted octanol–water partition coefficient (Wildman–Crippen LogP) is 5.06. The first-order valence-corrected chi connectivity index (χ1v) is 14.7. The second kappa shape index (κ2) is 16.9. The first-order chi connectivity index (χ1) is 20.6. The van der Waals surface area contributed by atoms with Crippen LogP contribution >= 0.6 is 0 Å². The van der Waals surface area contributed by atoms with Crippen molar-refractivity contribution in [3.8, 4) is 11.5 Å². The summed E-state index contributed by atoms with van der Waals surface area (Å²) < 4.78 is 28.6. The minimum Gasteiger partial charge on any atom is -0.496 e. The maximum atomic E-state index is 12.8. The van der Waals surface area contributed by atoms with Crippen LogP contribution in [0.4, 0.5) is 0 Å². The van der Waals surface area contributed by atoms with Gasteiger partial charge in [0.25, 0.3) is 5.91 Å². The zero-order valence-electron chi connectivity index (χ0n) is 25.1. The van der Waals surface area contributed by atoms with Gasteiger partial charge >= 0.3 is 0 Å². The number of piperidine rings is 1. The third-order valence-corrected chi connectivity index (χ3v) is 7.50. The lowest BCUT2D eigenvalue weighted by atomic mass is 9.87. The van der Waals surface area contributed by atoms with Gasteiger partial charge in [-0.2, -0.15) is 0 Å². The molecule has 1 N–H and O–H groups in total. The molecule has 0 spiro atoms. The summed E-state index contributed by atoms with van der Waals surface area (Å²) in [5.41, 5.74) is 3.94. The number of rotatable bonds is 16. The summed E-state index contributed by atoms with van der Waals surface area (Å²) in [7, 11) is 5.10. The van der Waals surface area contributed by atoms with Gasteiger partial charge in [-0.1, -0.05) is 42.5 Å². The van der Waals surface area contributed by atoms with E-state index in [-0.39, 0.29) is 17.9 Å². The average molecular weight is 577 g/mol. The Bertz CT molecular complexity index is 1230. The zero-order chi connectivity index (χ0) is 29.6. The van der Waals surface area contributed by atoms with Crippen LogP contribution in [0.15, 0.2) is 72.8 Å². The van der Waals surface area contributed by atoms with Crippen LogP contribution in [0, 0.1) is 0 Å². The molecule has 0 aliphatic carbocycles. The number of nitrogens with zero attached hydrogens (tertiary/aromatic N) is 1. The minimum absolute atomic E-state index is 0.0196. The Kier molecular flexibility index (Phi) is 12.7. The third-order valence-electron chi connectivity index (χ3n) is 7.50. The molecule has 0 saturated carbocycles. The normalized spacial score (nSPS) is 16.6. The van der Waals surface area contributed by atoms with E-state index in [4.69, 9.17) is 23.7 Å². The molecule has 4 rings (SSSR count). The molecule has 1 fully saturated rings. The van der Waals surface area contributed by atoms with E-state index in [0.717, 1.165) is 48.6 Å². The second-order valence-electron chi connectivity index (χ2n) is 10.5. The number of carbonyl (C=O) groups excluding carboxylic acids is 1. The van der Waals surface area contributed by atoms with Crippen molar-refractivity contribution in [2.24, 2.45) is 0 Å². The number of likely N-dealkylation sites (N-methyl/N-ethyl adjacent to an activating group) is 1. The standard InChI is InChI=1S/C34H44N2O6/c1-36(18-21-38-2)34(37)28-10-6-8-26(22-28)24-42-33-23-35-17-16-31(33)27-12-14-30(15-13-27)41-20-7-19-40-25-29-9-4-5-11-32(29)39-3/h4-6,8-15,22,31,33,35H,7,16-21,23-25H2,1-3H3. The summed E-state index contributed by atoms with van der Waals surface area (Å²) in [6.45, 7) is 4.98. The number of ether oxygens (including phenoxy) is 5. The lowest BCUT2D eigenvalue weighted by molar-refractivity contribution is 0.0106. The molecular weight excluding hydrogens is 532 g/mol. The van der Waals surface area contributed by atoms with E-state index in [1.807, 2.05) is 60.7 Å². The van der Waals surface area contributed by atoms with Crippen molar-refractivity contribution in [3.63, 3.8) is 0 Å². The van der Waals surface area contributed by atoms with Crippen molar-refractivity contribution >= 4 is 5.91 Å². The smallest absolute Gasteiger partial charge is 0.253 e. The minimum atomic E-state index is -0.0196. The maximum Gasteiger partial charge on any atom is 0.253 e. The molecule has 226 valence electrons. The molecule has 3 aromatic carbocycles. The quantitative estimate of drug-likeness (QED) is 0.239. The van der Waals surface area contributed by atoms with Gasteiger partial charge in [0.05, 0.1) is 46.2 Å². The SMILES string of the molecule is COCCN(C)C(=O)c1cccc(COC2CNCCC2c2ccc(OCCCOCc3ccccc3OC)cc2)c1. The van der Waals surface area contributed by atoms with Crippen molar-refractivity contribution < 1.29 is 28.5 Å². The van der Waals surface area contributed by atoms with Gasteiger partial charge in [0.1, 0.15) is 11.5 Å². The highest BCUT2D eigenvalue weighted by atomic mass is 16.5. The fourth-order valence-electron chi connectivity index (χ4n) is 5.10. The number of hydrogen-bond donors (Lipinski definition) is 1. The van der Waals surface area contributed by atoms with Crippen LogP contribution in [0.5, 0.6) is 11.5 Å². The highest BCUT2D eigenvalue weighted by molar-refractivity contribution is 5.94. The Labute approximate surface area is 249 Å². The fraction of sp³-hybridized carbons (Fsp3) is 0.441. The Morgan fingerprint density at radius 2 is 1.79 bits per heavy atom. The van der Waals surface area contributed by atoms with E-state index in [1.165, 1.54) is 5.56 Å². The molecule has 1 heterocycles. The first kappa shape index (κ1) is 31.5. The van der Waals surface area contributed by atoms with E-state index in [9.17, 15) is 4.79 Å². The van der Waals surface area contributed by atoms with Crippen LogP contribution < -0.4 is 14.8 Å². The van der Waals surface area contributed by atoms with Gasteiger partial charge in [0.15, 0.2) is 0 Å². The Morgan fingerprint density at radius 3 is 2.60 bits per heavy atom. The summed E-state index contributed by atoms with van der Waals surface area (Å²) in [4.78, 5) is 14.4. The van der Waals surface area contributed by atoms with Gasteiger partial charge in [-0.3, -0.25) is 4.79 Å². The largest absolute Gasteiger partial charge is 0.496 e. The van der Waals surface area contributed by atoms with E-state index in [0.29, 0.717) is 45.1 Å². The van der Waals surface area contributed by atoms with Gasteiger partial charge in [-0.25, -0.2) is 0 Å². The fourth-order valence-corrected chi connectivity index (χ4v) is 5.10. The molecule has 1 aliphatic rings. The van der Waals surface area contributed by atoms with Gasteiger partial charge in [-0.15, -0.1) is 0 Å². The molecule has 2 atom stereocenters. The van der Waals surface area contributed by atoms with Crippen molar-refractivity contribution in [1.82, 2.24) is 10.2 Å². The third kappa shape index (κ3) is 9.29. The molecule has 3 aromatic rings. The zero-order valence-corrected chi connectivity index (χ0v) is 25.1. The lowest BCUT2D eigenvalue weighted by Crippen LogP contribution is -2.41. The average Bonchev–Trinajstić information content (AvgIpc) is 3.04.